The third-order valence-electron chi connectivity index (χ3n) is 3.45. The highest BCUT2D eigenvalue weighted by atomic mass is 35.5. The molecule has 0 aliphatic rings. The maximum atomic E-state index is 6.18. The highest BCUT2D eigenvalue weighted by Crippen LogP contribution is 2.35. The number of hydrogen-bond acceptors (Lipinski definition) is 5. The average Bonchev–Trinajstić information content (AvgIpc) is 2.96. The number of nitrogens with zero attached hydrogens (tertiary/aromatic N) is 2. The predicted molar refractivity (Wildman–Crippen MR) is 92.9 cm³/mol. The van der Waals surface area contributed by atoms with Crippen LogP contribution in [0.4, 0.5) is 5.69 Å². The molecule has 1 aromatic carbocycles. The number of pyridine rings is 1. The van der Waals surface area contributed by atoms with E-state index in [1.807, 2.05) is 12.1 Å². The molecule has 2 heterocycles. The van der Waals surface area contributed by atoms with E-state index in [2.05, 4.69) is 29.2 Å². The monoisotopic (exact) mass is 333 g/mol. The lowest BCUT2D eigenvalue weighted by atomic mass is 10.1. The Morgan fingerprint density at radius 1 is 1.23 bits per heavy atom. The summed E-state index contributed by atoms with van der Waals surface area (Å²) in [6.07, 6.45) is 0. The summed E-state index contributed by atoms with van der Waals surface area (Å²) in [5, 5.41) is 4.26. The van der Waals surface area contributed by atoms with Crippen LogP contribution >= 0.6 is 22.9 Å². The van der Waals surface area contributed by atoms with Crippen molar-refractivity contribution >= 4 is 39.5 Å². The van der Waals surface area contributed by atoms with Gasteiger partial charge in [-0.05, 0) is 24.1 Å². The summed E-state index contributed by atoms with van der Waals surface area (Å²) in [7, 11) is 1.58. The molecule has 2 aromatic heterocycles. The number of anilines is 1. The van der Waals surface area contributed by atoms with Crippen LogP contribution in [0.2, 0.25) is 5.02 Å². The second-order valence-corrected chi connectivity index (χ2v) is 6.60. The zero-order valence-electron chi connectivity index (χ0n) is 12.6. The number of fused-ring (bicyclic) bond motifs is 1. The molecule has 0 radical (unpaired) electrons. The van der Waals surface area contributed by atoms with Gasteiger partial charge in [-0.15, -0.1) is 11.3 Å². The van der Waals surface area contributed by atoms with Crippen LogP contribution in [0, 0.1) is 0 Å². The number of thiazole rings is 1. The molecule has 0 amide bonds. The Kier molecular flexibility index (Phi) is 3.93. The van der Waals surface area contributed by atoms with Gasteiger partial charge >= 0.3 is 0 Å². The van der Waals surface area contributed by atoms with Crippen LogP contribution < -0.4 is 10.5 Å². The van der Waals surface area contributed by atoms with Gasteiger partial charge in [0.1, 0.15) is 16.5 Å². The molecule has 0 aliphatic heterocycles. The Labute approximate surface area is 137 Å². The van der Waals surface area contributed by atoms with Crippen LogP contribution in [-0.2, 0) is 0 Å². The first-order valence-corrected chi connectivity index (χ1v) is 8.15. The zero-order valence-corrected chi connectivity index (χ0v) is 14.1. The normalized spacial score (nSPS) is 11.3. The fraction of sp³-hybridized carbons (Fsp3) is 0.250. The molecule has 0 atom stereocenters. The molecule has 0 saturated carbocycles. The SMILES string of the molecule is COc1cc2c(N)cc(-c3nc(C(C)C)cs3)nc2cc1Cl. The topological polar surface area (TPSA) is 61.0 Å². The molecule has 3 aromatic rings. The van der Waals surface area contributed by atoms with Crippen LogP contribution in [0.25, 0.3) is 21.6 Å². The van der Waals surface area contributed by atoms with Crippen molar-refractivity contribution in [3.63, 3.8) is 0 Å². The summed E-state index contributed by atoms with van der Waals surface area (Å²) in [5.41, 5.74) is 9.38. The van der Waals surface area contributed by atoms with E-state index in [9.17, 15) is 0 Å². The molecule has 0 spiro atoms. The van der Waals surface area contributed by atoms with Crippen molar-refractivity contribution in [1.82, 2.24) is 9.97 Å². The molecule has 3 rings (SSSR count). The Bertz CT molecular complexity index is 845. The number of hydrogen-bond donors (Lipinski definition) is 1. The third kappa shape index (κ3) is 2.62. The van der Waals surface area contributed by atoms with E-state index in [1.165, 1.54) is 0 Å². The van der Waals surface area contributed by atoms with Crippen molar-refractivity contribution in [2.24, 2.45) is 0 Å². The molecule has 0 saturated heterocycles. The lowest BCUT2D eigenvalue weighted by Gasteiger charge is -2.08. The Morgan fingerprint density at radius 2 is 2.00 bits per heavy atom. The lowest BCUT2D eigenvalue weighted by Crippen LogP contribution is -1.95. The number of ether oxygens (including phenoxy) is 1. The van der Waals surface area contributed by atoms with Crippen LogP contribution in [0.15, 0.2) is 23.6 Å². The molecule has 4 nitrogen and oxygen atoms in total. The largest absolute Gasteiger partial charge is 0.495 e. The van der Waals surface area contributed by atoms with Gasteiger partial charge in [0, 0.05) is 16.5 Å². The molecular weight excluding hydrogens is 318 g/mol. The van der Waals surface area contributed by atoms with E-state index in [4.69, 9.17) is 22.1 Å². The Balaban J connectivity index is 2.15. The van der Waals surface area contributed by atoms with Crippen LogP contribution in [-0.4, -0.2) is 17.1 Å². The van der Waals surface area contributed by atoms with Gasteiger partial charge in [0.2, 0.25) is 0 Å². The zero-order chi connectivity index (χ0) is 15.9. The highest BCUT2D eigenvalue weighted by Gasteiger charge is 2.13. The highest BCUT2D eigenvalue weighted by molar-refractivity contribution is 7.13. The van der Waals surface area contributed by atoms with E-state index < -0.39 is 0 Å². The van der Waals surface area contributed by atoms with Gasteiger partial charge in [-0.1, -0.05) is 25.4 Å². The number of halogens is 1. The molecule has 114 valence electrons. The minimum absolute atomic E-state index is 0.390. The quantitative estimate of drug-likeness (QED) is 0.753. The standard InChI is InChI=1S/C16H16ClN3OS/c1-8(2)14-7-22-16(20-14)13-6-11(18)9-4-15(21-3)10(17)5-12(9)19-13/h4-8H,1-3H3,(H2,18,19). The predicted octanol–water partition coefficient (Wildman–Crippen LogP) is 4.73. The number of nitrogen functional groups attached to an aromatic ring is 1. The smallest absolute Gasteiger partial charge is 0.142 e. The second kappa shape index (κ2) is 5.74. The molecule has 22 heavy (non-hydrogen) atoms. The number of nitrogens with two attached hydrogens (primary N) is 1. The van der Waals surface area contributed by atoms with E-state index in [0.717, 1.165) is 27.3 Å². The summed E-state index contributed by atoms with van der Waals surface area (Å²) in [5.74, 6) is 0.980. The number of methoxy groups -OCH3 is 1. The van der Waals surface area contributed by atoms with E-state index >= 15 is 0 Å². The Hall–Kier alpha value is -1.85. The van der Waals surface area contributed by atoms with Crippen molar-refractivity contribution in [3.8, 4) is 16.5 Å². The van der Waals surface area contributed by atoms with Gasteiger partial charge in [-0.3, -0.25) is 0 Å². The van der Waals surface area contributed by atoms with Crippen molar-refractivity contribution in [1.29, 1.82) is 0 Å². The van der Waals surface area contributed by atoms with Gasteiger partial charge < -0.3 is 10.5 Å². The van der Waals surface area contributed by atoms with E-state index in [1.54, 1.807) is 24.5 Å². The van der Waals surface area contributed by atoms with Crippen molar-refractivity contribution in [2.75, 3.05) is 12.8 Å². The summed E-state index contributed by atoms with van der Waals surface area (Å²) < 4.78 is 5.23. The first-order valence-electron chi connectivity index (χ1n) is 6.89. The molecule has 0 bridgehead atoms. The van der Waals surface area contributed by atoms with Gasteiger partial charge in [-0.25, -0.2) is 9.97 Å². The minimum atomic E-state index is 0.390. The molecule has 0 aliphatic carbocycles. The van der Waals surface area contributed by atoms with Gasteiger partial charge in [-0.2, -0.15) is 0 Å². The van der Waals surface area contributed by atoms with Gasteiger partial charge in [0.15, 0.2) is 0 Å². The summed E-state index contributed by atoms with van der Waals surface area (Å²) in [6, 6.07) is 5.43. The lowest BCUT2D eigenvalue weighted by molar-refractivity contribution is 0.415. The van der Waals surface area contributed by atoms with E-state index in [0.29, 0.717) is 22.4 Å². The number of rotatable bonds is 3. The molecular formula is C16H16ClN3OS. The Morgan fingerprint density at radius 3 is 2.64 bits per heavy atom. The molecule has 2 N–H and O–H groups in total. The second-order valence-electron chi connectivity index (χ2n) is 5.33. The molecule has 0 unspecified atom stereocenters. The number of benzene rings is 1. The summed E-state index contributed by atoms with van der Waals surface area (Å²) in [4.78, 5) is 9.27. The third-order valence-corrected chi connectivity index (χ3v) is 4.63. The maximum absolute atomic E-state index is 6.18. The van der Waals surface area contributed by atoms with Crippen LogP contribution in [0.5, 0.6) is 5.75 Å². The number of aromatic nitrogens is 2. The average molecular weight is 334 g/mol. The van der Waals surface area contributed by atoms with Gasteiger partial charge in [0.25, 0.3) is 0 Å². The van der Waals surface area contributed by atoms with Crippen molar-refractivity contribution in [3.05, 3.63) is 34.3 Å². The van der Waals surface area contributed by atoms with E-state index in [-0.39, 0.29) is 0 Å². The van der Waals surface area contributed by atoms with Crippen molar-refractivity contribution < 1.29 is 4.74 Å². The molecule has 6 heteroatoms. The minimum Gasteiger partial charge on any atom is -0.495 e. The first-order chi connectivity index (χ1) is 10.5. The maximum Gasteiger partial charge on any atom is 0.142 e. The van der Waals surface area contributed by atoms with Gasteiger partial charge in [0.05, 0.1) is 23.3 Å². The summed E-state index contributed by atoms with van der Waals surface area (Å²) >= 11 is 7.75. The molecule has 0 fully saturated rings. The fourth-order valence-electron chi connectivity index (χ4n) is 2.19. The first kappa shape index (κ1) is 15.1. The summed E-state index contributed by atoms with van der Waals surface area (Å²) in [6.45, 7) is 4.24. The van der Waals surface area contributed by atoms with Crippen LogP contribution in [0.3, 0.4) is 0 Å². The van der Waals surface area contributed by atoms with Crippen molar-refractivity contribution in [2.45, 2.75) is 19.8 Å². The fourth-order valence-corrected chi connectivity index (χ4v) is 3.36. The van der Waals surface area contributed by atoms with Crippen LogP contribution in [0.1, 0.15) is 25.5 Å².